The van der Waals surface area contributed by atoms with Gasteiger partial charge in [-0.3, -0.25) is 10.1 Å². The number of aromatic nitrogens is 2. The maximum Gasteiger partial charge on any atom is 0.322 e. The van der Waals surface area contributed by atoms with Crippen LogP contribution in [0.1, 0.15) is 54.4 Å². The van der Waals surface area contributed by atoms with E-state index in [2.05, 4.69) is 15.5 Å². The second-order valence-corrected chi connectivity index (χ2v) is 9.71. The van der Waals surface area contributed by atoms with E-state index in [0.29, 0.717) is 24.4 Å². The zero-order valence-corrected chi connectivity index (χ0v) is 18.7. The fourth-order valence-electron chi connectivity index (χ4n) is 3.93. The molecule has 2 heterocycles. The summed E-state index contributed by atoms with van der Waals surface area (Å²) in [6.45, 7) is 2.54. The van der Waals surface area contributed by atoms with Crippen LogP contribution >= 0.6 is 0 Å². The molecule has 1 amide bonds. The van der Waals surface area contributed by atoms with Crippen LogP contribution < -0.4 is 5.32 Å². The Kier molecular flexibility index (Phi) is 6.66. The Morgan fingerprint density at radius 1 is 1.09 bits per heavy atom. The Bertz CT molecular complexity index is 1160. The summed E-state index contributed by atoms with van der Waals surface area (Å²) in [5, 5.41) is 10.4. The number of nitrogens with zero attached hydrogens (tertiary/aromatic N) is 3. The van der Waals surface area contributed by atoms with Crippen LogP contribution in [0.3, 0.4) is 0 Å². The van der Waals surface area contributed by atoms with Gasteiger partial charge in [0, 0.05) is 18.2 Å². The minimum absolute atomic E-state index is 0.00302. The molecule has 0 saturated carbocycles. The number of carbonyl (C=O) groups is 1. The summed E-state index contributed by atoms with van der Waals surface area (Å²) in [4.78, 5) is 12.7. The fraction of sp³-hybridized carbons (Fsp3) is 0.348. The third kappa shape index (κ3) is 4.89. The lowest BCUT2D eigenvalue weighted by Gasteiger charge is -2.34. The lowest BCUT2D eigenvalue weighted by molar-refractivity contribution is 0.102. The lowest BCUT2D eigenvalue weighted by Crippen LogP contribution is -2.43. The van der Waals surface area contributed by atoms with Crippen LogP contribution in [-0.2, 0) is 16.4 Å². The molecule has 32 heavy (non-hydrogen) atoms. The molecule has 9 heteroatoms. The number of piperidine rings is 1. The van der Waals surface area contributed by atoms with Crippen molar-refractivity contribution >= 4 is 21.9 Å². The monoisotopic (exact) mass is 454 g/mol. The Balaban J connectivity index is 1.42. The second-order valence-electron chi connectivity index (χ2n) is 7.82. The van der Waals surface area contributed by atoms with Crippen LogP contribution in [0.2, 0.25) is 0 Å². The summed E-state index contributed by atoms with van der Waals surface area (Å²) in [5.74, 6) is -0.0618. The maximum atomic E-state index is 13.1. The van der Waals surface area contributed by atoms with Gasteiger partial charge in [0.2, 0.25) is 15.9 Å². The topological polar surface area (TPSA) is 105 Å². The summed E-state index contributed by atoms with van der Waals surface area (Å²) < 4.78 is 33.2. The van der Waals surface area contributed by atoms with Crippen molar-refractivity contribution in [2.24, 2.45) is 0 Å². The third-order valence-electron chi connectivity index (χ3n) is 5.65. The molecule has 1 N–H and O–H groups in total. The molecular formula is C23H26N4O4S. The molecule has 1 aliphatic rings. The molecule has 1 unspecified atom stereocenters. The van der Waals surface area contributed by atoms with Crippen molar-refractivity contribution in [1.29, 1.82) is 0 Å². The van der Waals surface area contributed by atoms with Crippen LogP contribution in [0.5, 0.6) is 0 Å². The second kappa shape index (κ2) is 9.62. The highest BCUT2D eigenvalue weighted by molar-refractivity contribution is 7.89. The Morgan fingerprint density at radius 3 is 2.56 bits per heavy atom. The molecule has 1 atom stereocenters. The summed E-state index contributed by atoms with van der Waals surface area (Å²) in [5.41, 5.74) is 1.32. The molecule has 0 bridgehead atoms. The van der Waals surface area contributed by atoms with Crippen molar-refractivity contribution in [3.8, 4) is 0 Å². The molecule has 0 spiro atoms. The fourth-order valence-corrected chi connectivity index (χ4v) is 5.69. The molecule has 3 aromatic rings. The minimum Gasteiger partial charge on any atom is -0.407 e. The van der Waals surface area contributed by atoms with E-state index in [0.717, 1.165) is 31.2 Å². The van der Waals surface area contributed by atoms with Crippen molar-refractivity contribution in [3.63, 3.8) is 0 Å². The van der Waals surface area contributed by atoms with Crippen LogP contribution in [0.15, 0.2) is 63.9 Å². The number of anilines is 1. The first-order chi connectivity index (χ1) is 15.5. The van der Waals surface area contributed by atoms with Crippen LogP contribution in [0, 0.1) is 0 Å². The van der Waals surface area contributed by atoms with Gasteiger partial charge in [-0.25, -0.2) is 8.42 Å². The zero-order chi connectivity index (χ0) is 22.6. The maximum absolute atomic E-state index is 13.1. The van der Waals surface area contributed by atoms with Crippen molar-refractivity contribution in [3.05, 3.63) is 71.6 Å². The Labute approximate surface area is 187 Å². The zero-order valence-electron chi connectivity index (χ0n) is 17.9. The largest absolute Gasteiger partial charge is 0.407 e. The number of nitrogens with one attached hydrogen (secondary N) is 1. The van der Waals surface area contributed by atoms with Gasteiger partial charge >= 0.3 is 6.01 Å². The summed E-state index contributed by atoms with van der Waals surface area (Å²) in [6.07, 6.45) is 4.05. The predicted molar refractivity (Wildman–Crippen MR) is 120 cm³/mol. The molecule has 1 aromatic heterocycles. The van der Waals surface area contributed by atoms with E-state index in [1.165, 1.54) is 24.3 Å². The smallest absolute Gasteiger partial charge is 0.322 e. The van der Waals surface area contributed by atoms with E-state index in [4.69, 9.17) is 4.42 Å². The summed E-state index contributed by atoms with van der Waals surface area (Å²) in [7, 11) is -3.59. The minimum atomic E-state index is -3.59. The lowest BCUT2D eigenvalue weighted by atomic mass is 10.0. The number of rotatable bonds is 7. The van der Waals surface area contributed by atoms with Gasteiger partial charge in [0.25, 0.3) is 5.91 Å². The number of sulfonamides is 1. The van der Waals surface area contributed by atoms with Crippen molar-refractivity contribution in [2.45, 2.75) is 50.0 Å². The van der Waals surface area contributed by atoms with E-state index < -0.39 is 15.9 Å². The SMILES string of the molecule is CCC1CCCCN1S(=O)(=O)c1ccc(C(=O)Nc2nnc(Cc3ccccc3)o2)cc1. The van der Waals surface area contributed by atoms with Crippen molar-refractivity contribution < 1.29 is 17.6 Å². The highest BCUT2D eigenvalue weighted by Crippen LogP contribution is 2.27. The first-order valence-corrected chi connectivity index (χ1v) is 12.2. The summed E-state index contributed by atoms with van der Waals surface area (Å²) in [6, 6.07) is 15.6. The van der Waals surface area contributed by atoms with E-state index in [9.17, 15) is 13.2 Å². The molecule has 168 valence electrons. The van der Waals surface area contributed by atoms with Crippen LogP contribution in [-0.4, -0.2) is 41.4 Å². The standard InChI is InChI=1S/C23H26N4O4S/c1-2-19-10-6-7-15-27(19)32(29,30)20-13-11-18(12-14-20)22(28)24-23-26-25-21(31-23)16-17-8-4-3-5-9-17/h3-5,8-9,11-14,19H,2,6-7,10,15-16H2,1H3,(H,24,26,28). The first-order valence-electron chi connectivity index (χ1n) is 10.8. The van der Waals surface area contributed by atoms with Crippen LogP contribution in [0.25, 0.3) is 0 Å². The van der Waals surface area contributed by atoms with Crippen molar-refractivity contribution in [2.75, 3.05) is 11.9 Å². The van der Waals surface area contributed by atoms with Crippen molar-refractivity contribution in [1.82, 2.24) is 14.5 Å². The molecule has 1 aliphatic heterocycles. The van der Waals surface area contributed by atoms with E-state index in [1.54, 1.807) is 4.31 Å². The van der Waals surface area contributed by atoms with Gasteiger partial charge in [0.15, 0.2) is 0 Å². The highest BCUT2D eigenvalue weighted by atomic mass is 32.2. The quantitative estimate of drug-likeness (QED) is 0.581. The van der Waals surface area contributed by atoms with Gasteiger partial charge in [0.05, 0.1) is 11.3 Å². The van der Waals surface area contributed by atoms with Gasteiger partial charge in [-0.05, 0) is 49.1 Å². The van der Waals surface area contributed by atoms with E-state index in [1.807, 2.05) is 37.3 Å². The van der Waals surface area contributed by atoms with Gasteiger partial charge in [-0.2, -0.15) is 4.31 Å². The number of benzene rings is 2. The van der Waals surface area contributed by atoms with E-state index in [-0.39, 0.29) is 17.0 Å². The number of carbonyl (C=O) groups excluding carboxylic acids is 1. The van der Waals surface area contributed by atoms with E-state index >= 15 is 0 Å². The molecule has 1 fully saturated rings. The molecule has 8 nitrogen and oxygen atoms in total. The van der Waals surface area contributed by atoms with Gasteiger partial charge < -0.3 is 4.42 Å². The predicted octanol–water partition coefficient (Wildman–Crippen LogP) is 3.87. The number of hydrogen-bond donors (Lipinski definition) is 1. The molecule has 4 rings (SSSR count). The third-order valence-corrected chi connectivity index (χ3v) is 7.62. The Hall–Kier alpha value is -3.04. The first kappa shape index (κ1) is 22.2. The van der Waals surface area contributed by atoms with Gasteiger partial charge in [-0.15, -0.1) is 5.10 Å². The molecule has 0 aliphatic carbocycles. The van der Waals surface area contributed by atoms with Crippen LogP contribution in [0.4, 0.5) is 6.01 Å². The van der Waals surface area contributed by atoms with Gasteiger partial charge in [-0.1, -0.05) is 48.8 Å². The molecule has 0 radical (unpaired) electrons. The molecule has 2 aromatic carbocycles. The average Bonchev–Trinajstić information content (AvgIpc) is 3.26. The number of hydrogen-bond acceptors (Lipinski definition) is 6. The summed E-state index contributed by atoms with van der Waals surface area (Å²) >= 11 is 0. The number of amides is 1. The molecule has 1 saturated heterocycles. The Morgan fingerprint density at radius 2 is 1.84 bits per heavy atom. The highest BCUT2D eigenvalue weighted by Gasteiger charge is 2.32. The average molecular weight is 455 g/mol. The van der Waals surface area contributed by atoms with Gasteiger partial charge in [0.1, 0.15) is 0 Å². The normalized spacial score (nSPS) is 17.2. The molecular weight excluding hydrogens is 428 g/mol.